The van der Waals surface area contributed by atoms with Crippen LogP contribution in [-0.4, -0.2) is 37.2 Å². The van der Waals surface area contributed by atoms with Crippen LogP contribution in [-0.2, 0) is 6.54 Å². The maximum absolute atomic E-state index is 12.1. The monoisotopic (exact) mass is 324 g/mol. The second-order valence-electron chi connectivity index (χ2n) is 5.64. The Hall–Kier alpha value is -2.96. The highest BCUT2D eigenvalue weighted by Crippen LogP contribution is 2.06. The number of aromatic nitrogens is 5. The molecule has 0 aliphatic heterocycles. The lowest BCUT2D eigenvalue weighted by atomic mass is 10.3. The van der Waals surface area contributed by atoms with Gasteiger partial charge in [-0.25, -0.2) is 4.68 Å². The molecule has 1 N–H and O–H groups in total. The molecule has 3 rings (SSSR count). The predicted octanol–water partition coefficient (Wildman–Crippen LogP) is 1.90. The summed E-state index contributed by atoms with van der Waals surface area (Å²) in [6.07, 6.45) is 2.44. The molecule has 0 unspecified atom stereocenters. The molecule has 0 saturated heterocycles. The highest BCUT2D eigenvalue weighted by Gasteiger charge is 2.11. The van der Waals surface area contributed by atoms with Crippen molar-refractivity contribution in [1.29, 1.82) is 0 Å². The molecule has 0 saturated carbocycles. The van der Waals surface area contributed by atoms with E-state index < -0.39 is 0 Å². The van der Waals surface area contributed by atoms with Crippen molar-refractivity contribution in [2.45, 2.75) is 26.8 Å². The van der Waals surface area contributed by atoms with Crippen molar-refractivity contribution >= 4 is 5.91 Å². The highest BCUT2D eigenvalue weighted by molar-refractivity contribution is 5.91. The number of carbonyl (C=O) groups excluding carboxylic acids is 1. The van der Waals surface area contributed by atoms with E-state index in [1.807, 2.05) is 54.9 Å². The fourth-order valence-corrected chi connectivity index (χ4v) is 2.50. The van der Waals surface area contributed by atoms with E-state index in [2.05, 4.69) is 20.7 Å². The Morgan fingerprint density at radius 3 is 2.71 bits per heavy atom. The Balaban J connectivity index is 1.51. The van der Waals surface area contributed by atoms with Gasteiger partial charge in [0, 0.05) is 18.8 Å². The standard InChI is InChI=1S/C17H20N6O/c1-13-11-14(2)22(20-13)10-6-9-18-17(24)16-12-23(21-19-16)15-7-4-3-5-8-15/h3-5,7-8,11-12H,6,9-10H2,1-2H3,(H,18,24). The van der Waals surface area contributed by atoms with Crippen LogP contribution in [0.1, 0.15) is 28.3 Å². The SMILES string of the molecule is Cc1cc(C)n(CCCNC(=O)c2cn(-c3ccccc3)nn2)n1. The Morgan fingerprint density at radius 1 is 1.21 bits per heavy atom. The van der Waals surface area contributed by atoms with E-state index in [0.29, 0.717) is 12.2 Å². The summed E-state index contributed by atoms with van der Waals surface area (Å²) in [5.41, 5.74) is 3.32. The van der Waals surface area contributed by atoms with E-state index in [1.54, 1.807) is 10.9 Å². The summed E-state index contributed by atoms with van der Waals surface area (Å²) in [4.78, 5) is 12.1. The summed E-state index contributed by atoms with van der Waals surface area (Å²) in [6.45, 7) is 5.34. The van der Waals surface area contributed by atoms with Gasteiger partial charge < -0.3 is 5.32 Å². The van der Waals surface area contributed by atoms with Gasteiger partial charge in [-0.05, 0) is 38.5 Å². The maximum atomic E-state index is 12.1. The number of carbonyl (C=O) groups is 1. The van der Waals surface area contributed by atoms with Crippen LogP contribution in [0.15, 0.2) is 42.6 Å². The number of aryl methyl sites for hydroxylation is 3. The van der Waals surface area contributed by atoms with Crippen LogP contribution in [0.3, 0.4) is 0 Å². The molecule has 7 heteroatoms. The first kappa shape index (κ1) is 15.9. The molecular formula is C17H20N6O. The minimum atomic E-state index is -0.217. The molecule has 24 heavy (non-hydrogen) atoms. The smallest absolute Gasteiger partial charge is 0.273 e. The quantitative estimate of drug-likeness (QED) is 0.703. The Bertz CT molecular complexity index is 821. The van der Waals surface area contributed by atoms with Crippen molar-refractivity contribution in [3.8, 4) is 5.69 Å². The second kappa shape index (κ2) is 7.08. The first-order chi connectivity index (χ1) is 11.6. The van der Waals surface area contributed by atoms with Crippen molar-refractivity contribution in [2.24, 2.45) is 0 Å². The maximum Gasteiger partial charge on any atom is 0.273 e. The lowest BCUT2D eigenvalue weighted by Gasteiger charge is -2.05. The molecule has 1 aromatic carbocycles. The lowest BCUT2D eigenvalue weighted by molar-refractivity contribution is 0.0947. The Morgan fingerprint density at radius 2 is 2.00 bits per heavy atom. The molecule has 7 nitrogen and oxygen atoms in total. The first-order valence-electron chi connectivity index (χ1n) is 7.90. The Kier molecular flexibility index (Phi) is 4.69. The van der Waals surface area contributed by atoms with Crippen LogP contribution in [0.2, 0.25) is 0 Å². The average molecular weight is 324 g/mol. The first-order valence-corrected chi connectivity index (χ1v) is 7.90. The van der Waals surface area contributed by atoms with Crippen LogP contribution in [0.5, 0.6) is 0 Å². The number of para-hydroxylation sites is 1. The third kappa shape index (κ3) is 3.68. The third-order valence-electron chi connectivity index (χ3n) is 3.68. The molecule has 0 radical (unpaired) electrons. The van der Waals surface area contributed by atoms with Gasteiger partial charge in [0.15, 0.2) is 5.69 Å². The number of nitrogens with one attached hydrogen (secondary N) is 1. The molecule has 0 atom stereocenters. The minimum Gasteiger partial charge on any atom is -0.351 e. The summed E-state index contributed by atoms with van der Waals surface area (Å²) in [7, 11) is 0. The van der Waals surface area contributed by atoms with Crippen LogP contribution in [0, 0.1) is 13.8 Å². The van der Waals surface area contributed by atoms with Crippen molar-refractivity contribution in [3.05, 3.63) is 59.7 Å². The van der Waals surface area contributed by atoms with E-state index in [9.17, 15) is 4.79 Å². The number of rotatable bonds is 6. The van der Waals surface area contributed by atoms with Gasteiger partial charge in [0.1, 0.15) is 0 Å². The van der Waals surface area contributed by atoms with E-state index >= 15 is 0 Å². The van der Waals surface area contributed by atoms with Crippen molar-refractivity contribution in [3.63, 3.8) is 0 Å². The molecule has 0 aliphatic rings. The Labute approximate surface area is 140 Å². The molecule has 3 aromatic rings. The molecule has 124 valence electrons. The van der Waals surface area contributed by atoms with Gasteiger partial charge in [0.25, 0.3) is 5.91 Å². The van der Waals surface area contributed by atoms with Crippen LogP contribution in [0.4, 0.5) is 0 Å². The van der Waals surface area contributed by atoms with E-state index in [1.165, 1.54) is 0 Å². The lowest BCUT2D eigenvalue weighted by Crippen LogP contribution is -2.25. The summed E-state index contributed by atoms with van der Waals surface area (Å²) in [5.74, 6) is -0.217. The van der Waals surface area contributed by atoms with E-state index in [0.717, 1.165) is 30.0 Å². The summed E-state index contributed by atoms with van der Waals surface area (Å²) < 4.78 is 3.54. The minimum absolute atomic E-state index is 0.217. The zero-order valence-electron chi connectivity index (χ0n) is 13.8. The molecule has 0 fully saturated rings. The number of hydrogen-bond donors (Lipinski definition) is 1. The van der Waals surface area contributed by atoms with Gasteiger partial charge in [0.05, 0.1) is 17.6 Å². The van der Waals surface area contributed by atoms with Crippen molar-refractivity contribution in [2.75, 3.05) is 6.54 Å². The van der Waals surface area contributed by atoms with Gasteiger partial charge in [-0.2, -0.15) is 5.10 Å². The molecule has 2 aromatic heterocycles. The largest absolute Gasteiger partial charge is 0.351 e. The van der Waals surface area contributed by atoms with Crippen LogP contribution < -0.4 is 5.32 Å². The van der Waals surface area contributed by atoms with E-state index in [-0.39, 0.29) is 5.91 Å². The van der Waals surface area contributed by atoms with Gasteiger partial charge >= 0.3 is 0 Å². The fraction of sp³-hybridized carbons (Fsp3) is 0.294. The van der Waals surface area contributed by atoms with Crippen LogP contribution >= 0.6 is 0 Å². The molecule has 0 bridgehead atoms. The molecule has 0 aliphatic carbocycles. The normalized spacial score (nSPS) is 10.8. The number of benzene rings is 1. The predicted molar refractivity (Wildman–Crippen MR) is 90.0 cm³/mol. The molecule has 2 heterocycles. The number of nitrogens with zero attached hydrogens (tertiary/aromatic N) is 5. The molecule has 1 amide bonds. The van der Waals surface area contributed by atoms with E-state index in [4.69, 9.17) is 0 Å². The van der Waals surface area contributed by atoms with Gasteiger partial charge in [-0.3, -0.25) is 9.48 Å². The van der Waals surface area contributed by atoms with Gasteiger partial charge in [-0.1, -0.05) is 23.4 Å². The topological polar surface area (TPSA) is 77.6 Å². The summed E-state index contributed by atoms with van der Waals surface area (Å²) in [6, 6.07) is 11.6. The number of hydrogen-bond acceptors (Lipinski definition) is 4. The zero-order chi connectivity index (χ0) is 16.9. The summed E-state index contributed by atoms with van der Waals surface area (Å²) in [5, 5.41) is 15.2. The summed E-state index contributed by atoms with van der Waals surface area (Å²) >= 11 is 0. The van der Waals surface area contributed by atoms with Gasteiger partial charge in [-0.15, -0.1) is 5.10 Å². The van der Waals surface area contributed by atoms with Gasteiger partial charge in [0.2, 0.25) is 0 Å². The average Bonchev–Trinajstić information content (AvgIpc) is 3.19. The highest BCUT2D eigenvalue weighted by atomic mass is 16.2. The third-order valence-corrected chi connectivity index (χ3v) is 3.68. The van der Waals surface area contributed by atoms with Crippen molar-refractivity contribution < 1.29 is 4.79 Å². The fourth-order valence-electron chi connectivity index (χ4n) is 2.50. The van der Waals surface area contributed by atoms with Crippen molar-refractivity contribution in [1.82, 2.24) is 30.1 Å². The zero-order valence-corrected chi connectivity index (χ0v) is 13.8. The molecule has 0 spiro atoms. The second-order valence-corrected chi connectivity index (χ2v) is 5.64. The molecular weight excluding hydrogens is 304 g/mol. The number of amides is 1. The van der Waals surface area contributed by atoms with Crippen LogP contribution in [0.25, 0.3) is 5.69 Å².